The summed E-state index contributed by atoms with van der Waals surface area (Å²) >= 11 is 0. The first kappa shape index (κ1) is 11.7. The van der Waals surface area contributed by atoms with Crippen molar-refractivity contribution in [2.24, 2.45) is 0 Å². The van der Waals surface area contributed by atoms with Gasteiger partial charge >= 0.3 is 0 Å². The number of nitro groups is 1. The van der Waals surface area contributed by atoms with Crippen LogP contribution in [0.1, 0.15) is 10.4 Å². The van der Waals surface area contributed by atoms with Crippen LogP contribution in [0, 0.1) is 10.1 Å². The van der Waals surface area contributed by atoms with Gasteiger partial charge in [-0.25, -0.2) is 0 Å². The molecule has 0 fully saturated rings. The summed E-state index contributed by atoms with van der Waals surface area (Å²) in [6.07, 6.45) is 0.160. The minimum absolute atomic E-state index is 0.0729. The second kappa shape index (κ2) is 4.25. The van der Waals surface area contributed by atoms with Crippen LogP contribution in [-0.4, -0.2) is 17.0 Å². The number of nitrogen functional groups attached to an aromatic ring is 1. The van der Waals surface area contributed by atoms with Crippen LogP contribution >= 0.6 is 0 Å². The fraction of sp³-hybridized carbons (Fsp3) is 0. The molecule has 0 radical (unpaired) electrons. The average Bonchev–Trinajstić information content (AvgIpc) is 2.35. The summed E-state index contributed by atoms with van der Waals surface area (Å²) in [5.41, 5.74) is 5.71. The van der Waals surface area contributed by atoms with Crippen molar-refractivity contribution in [3.8, 4) is 0 Å². The number of fused-ring (bicyclic) bond motifs is 1. The number of aldehydes is 1. The van der Waals surface area contributed by atoms with Crippen molar-refractivity contribution >= 4 is 34.2 Å². The number of ketones is 1. The van der Waals surface area contributed by atoms with Crippen molar-refractivity contribution in [1.82, 2.24) is 0 Å². The van der Waals surface area contributed by atoms with Crippen LogP contribution in [0.3, 0.4) is 0 Å². The van der Waals surface area contributed by atoms with E-state index in [0.29, 0.717) is 5.39 Å². The van der Waals surface area contributed by atoms with E-state index in [1.165, 1.54) is 24.3 Å². The first-order chi connectivity index (χ1) is 8.54. The topological polar surface area (TPSA) is 103 Å². The van der Waals surface area contributed by atoms with E-state index in [2.05, 4.69) is 0 Å². The Bertz CT molecular complexity index is 679. The normalized spacial score (nSPS) is 10.2. The van der Waals surface area contributed by atoms with Gasteiger partial charge in [0.1, 0.15) is 0 Å². The number of carbonyl (C=O) groups excluding carboxylic acids is 2. The summed E-state index contributed by atoms with van der Waals surface area (Å²) in [7, 11) is 0. The SMILES string of the molecule is Nc1cc(C(=O)C=O)c2cccc([N+](=O)[O-])c2c1. The maximum atomic E-state index is 11.5. The van der Waals surface area contributed by atoms with E-state index in [9.17, 15) is 19.7 Å². The highest BCUT2D eigenvalue weighted by atomic mass is 16.6. The molecular weight excluding hydrogens is 236 g/mol. The van der Waals surface area contributed by atoms with Crippen molar-refractivity contribution in [1.29, 1.82) is 0 Å². The zero-order valence-electron chi connectivity index (χ0n) is 9.12. The summed E-state index contributed by atoms with van der Waals surface area (Å²) in [4.78, 5) is 32.4. The van der Waals surface area contributed by atoms with Gasteiger partial charge in [-0.3, -0.25) is 19.7 Å². The van der Waals surface area contributed by atoms with Crippen molar-refractivity contribution in [2.45, 2.75) is 0 Å². The van der Waals surface area contributed by atoms with Gasteiger partial charge in [0, 0.05) is 17.3 Å². The highest BCUT2D eigenvalue weighted by Gasteiger charge is 2.17. The molecule has 18 heavy (non-hydrogen) atoms. The summed E-state index contributed by atoms with van der Waals surface area (Å²) in [6, 6.07) is 7.06. The van der Waals surface area contributed by atoms with Crippen LogP contribution in [0.4, 0.5) is 11.4 Å². The standard InChI is InChI=1S/C12H8N2O4/c13-7-4-9-8(10(5-7)12(16)6-15)2-1-3-11(9)14(17)18/h1-6H,13H2. The minimum Gasteiger partial charge on any atom is -0.399 e. The van der Waals surface area contributed by atoms with Crippen LogP contribution in [0.2, 0.25) is 0 Å². The van der Waals surface area contributed by atoms with Gasteiger partial charge in [0.05, 0.1) is 10.3 Å². The highest BCUT2D eigenvalue weighted by Crippen LogP contribution is 2.30. The predicted molar refractivity (Wildman–Crippen MR) is 65.4 cm³/mol. The monoisotopic (exact) mass is 244 g/mol. The van der Waals surface area contributed by atoms with Gasteiger partial charge in [-0.1, -0.05) is 12.1 Å². The zero-order valence-corrected chi connectivity index (χ0v) is 9.12. The average molecular weight is 244 g/mol. The van der Waals surface area contributed by atoms with E-state index in [-0.39, 0.29) is 28.6 Å². The Balaban J connectivity index is 2.90. The largest absolute Gasteiger partial charge is 0.399 e. The molecule has 2 aromatic carbocycles. The molecule has 0 aliphatic rings. The summed E-state index contributed by atoms with van der Waals surface area (Å²) in [6.45, 7) is 0. The summed E-state index contributed by atoms with van der Waals surface area (Å²) in [5, 5.41) is 11.5. The molecule has 0 unspecified atom stereocenters. The van der Waals surface area contributed by atoms with E-state index in [0.717, 1.165) is 0 Å². The number of rotatable bonds is 3. The molecule has 2 N–H and O–H groups in total. The fourth-order valence-electron chi connectivity index (χ4n) is 1.82. The number of hydrogen-bond acceptors (Lipinski definition) is 5. The molecular formula is C12H8N2O4. The van der Waals surface area contributed by atoms with Gasteiger partial charge in [-0.2, -0.15) is 0 Å². The van der Waals surface area contributed by atoms with E-state index < -0.39 is 10.7 Å². The van der Waals surface area contributed by atoms with Gasteiger partial charge < -0.3 is 5.73 Å². The van der Waals surface area contributed by atoms with Crippen LogP contribution in [-0.2, 0) is 4.79 Å². The Labute approximate surface area is 101 Å². The molecule has 90 valence electrons. The number of nitrogens with zero attached hydrogens (tertiary/aromatic N) is 1. The molecule has 0 aromatic heterocycles. The molecule has 0 bridgehead atoms. The molecule has 0 spiro atoms. The van der Waals surface area contributed by atoms with Gasteiger partial charge in [-0.05, 0) is 17.5 Å². The quantitative estimate of drug-likeness (QED) is 0.221. The van der Waals surface area contributed by atoms with Crippen LogP contribution in [0.15, 0.2) is 30.3 Å². The van der Waals surface area contributed by atoms with Gasteiger partial charge in [0.2, 0.25) is 5.78 Å². The third kappa shape index (κ3) is 1.80. The Morgan fingerprint density at radius 1 is 1.28 bits per heavy atom. The number of nitrogens with two attached hydrogens (primary N) is 1. The van der Waals surface area contributed by atoms with Gasteiger partial charge in [0.25, 0.3) is 5.69 Å². The van der Waals surface area contributed by atoms with Crippen LogP contribution in [0.5, 0.6) is 0 Å². The Morgan fingerprint density at radius 3 is 2.61 bits per heavy atom. The second-order valence-corrected chi connectivity index (χ2v) is 3.68. The van der Waals surface area contributed by atoms with Crippen molar-refractivity contribution in [3.05, 3.63) is 46.0 Å². The molecule has 2 rings (SSSR count). The number of carbonyl (C=O) groups is 2. The third-order valence-electron chi connectivity index (χ3n) is 2.56. The maximum Gasteiger partial charge on any atom is 0.277 e. The van der Waals surface area contributed by atoms with E-state index in [4.69, 9.17) is 5.73 Å². The molecule has 0 heterocycles. The molecule has 0 aliphatic carbocycles. The highest BCUT2D eigenvalue weighted by molar-refractivity contribution is 6.36. The van der Waals surface area contributed by atoms with Gasteiger partial charge in [-0.15, -0.1) is 0 Å². The lowest BCUT2D eigenvalue weighted by atomic mass is 9.99. The van der Waals surface area contributed by atoms with Crippen molar-refractivity contribution in [3.63, 3.8) is 0 Å². The number of Topliss-reactive ketones (excluding diaryl/α,β-unsaturated/α-hetero) is 1. The Hall–Kier alpha value is -2.76. The molecule has 0 aliphatic heterocycles. The lowest BCUT2D eigenvalue weighted by molar-refractivity contribution is -0.383. The van der Waals surface area contributed by atoms with Gasteiger partial charge in [0.15, 0.2) is 6.29 Å². The molecule has 0 saturated carbocycles. The fourth-order valence-corrected chi connectivity index (χ4v) is 1.82. The summed E-state index contributed by atoms with van der Waals surface area (Å²) in [5.74, 6) is -0.757. The molecule has 0 saturated heterocycles. The van der Waals surface area contributed by atoms with Crippen LogP contribution < -0.4 is 5.73 Å². The Kier molecular flexibility index (Phi) is 2.77. The number of hydrogen-bond donors (Lipinski definition) is 1. The lowest BCUT2D eigenvalue weighted by Crippen LogP contribution is -2.03. The molecule has 6 nitrogen and oxygen atoms in total. The Morgan fingerprint density at radius 2 is 2.00 bits per heavy atom. The molecule has 0 atom stereocenters. The third-order valence-corrected chi connectivity index (χ3v) is 2.56. The molecule has 2 aromatic rings. The number of benzene rings is 2. The van der Waals surface area contributed by atoms with E-state index in [1.54, 1.807) is 6.07 Å². The zero-order chi connectivity index (χ0) is 13.3. The van der Waals surface area contributed by atoms with Crippen molar-refractivity contribution < 1.29 is 14.5 Å². The molecule has 6 heteroatoms. The first-order valence-electron chi connectivity index (χ1n) is 5.00. The number of non-ortho nitro benzene ring substituents is 1. The predicted octanol–water partition coefficient (Wildman–Crippen LogP) is 1.71. The number of anilines is 1. The van der Waals surface area contributed by atoms with E-state index in [1.807, 2.05) is 0 Å². The molecule has 0 amide bonds. The smallest absolute Gasteiger partial charge is 0.277 e. The van der Waals surface area contributed by atoms with E-state index >= 15 is 0 Å². The van der Waals surface area contributed by atoms with Crippen molar-refractivity contribution in [2.75, 3.05) is 5.73 Å². The number of nitro benzene ring substituents is 1. The second-order valence-electron chi connectivity index (χ2n) is 3.68. The lowest BCUT2D eigenvalue weighted by Gasteiger charge is -2.05. The first-order valence-corrected chi connectivity index (χ1v) is 5.00. The summed E-state index contributed by atoms with van der Waals surface area (Å²) < 4.78 is 0. The van der Waals surface area contributed by atoms with Crippen LogP contribution in [0.25, 0.3) is 10.8 Å². The minimum atomic E-state index is -0.757. The maximum absolute atomic E-state index is 11.5.